The van der Waals surface area contributed by atoms with Gasteiger partial charge in [0.1, 0.15) is 5.82 Å². The molecular formula is C13H10ClFN2O2S. The van der Waals surface area contributed by atoms with Crippen LogP contribution in [0.5, 0.6) is 0 Å². The third-order valence-corrected chi connectivity index (χ3v) is 4.53. The van der Waals surface area contributed by atoms with Gasteiger partial charge >= 0.3 is 0 Å². The molecule has 2 aliphatic rings. The number of allylic oxidation sites excluding steroid dienone is 2. The highest BCUT2D eigenvalue weighted by Crippen LogP contribution is 2.28. The standard InChI is InChI=1S/C13H10ClFN2O2S/c14-11-8-9(3-4-12(11)15)10-2-1-5-17-6-7-20(18,19)16-13(10)17/h1-5,8H,6-7H2. The van der Waals surface area contributed by atoms with Gasteiger partial charge in [0.05, 0.1) is 10.8 Å². The Labute approximate surface area is 120 Å². The second-order valence-corrected chi connectivity index (χ2v) is 6.61. The molecule has 0 saturated carbocycles. The van der Waals surface area contributed by atoms with Crippen molar-refractivity contribution >= 4 is 33.0 Å². The number of halogens is 2. The van der Waals surface area contributed by atoms with E-state index >= 15 is 0 Å². The number of benzene rings is 1. The number of nitrogens with zero attached hydrogens (tertiary/aromatic N) is 2. The molecule has 0 N–H and O–H groups in total. The van der Waals surface area contributed by atoms with E-state index in [0.29, 0.717) is 23.5 Å². The van der Waals surface area contributed by atoms with E-state index in [-0.39, 0.29) is 10.8 Å². The average Bonchev–Trinajstić information content (AvgIpc) is 2.40. The maximum atomic E-state index is 13.2. The second-order valence-electron chi connectivity index (χ2n) is 4.45. The van der Waals surface area contributed by atoms with E-state index in [2.05, 4.69) is 4.40 Å². The van der Waals surface area contributed by atoms with Crippen molar-refractivity contribution in [2.24, 2.45) is 4.40 Å². The Bertz CT molecular complexity index is 769. The van der Waals surface area contributed by atoms with Gasteiger partial charge < -0.3 is 4.90 Å². The molecule has 4 nitrogen and oxygen atoms in total. The van der Waals surface area contributed by atoms with E-state index in [0.717, 1.165) is 0 Å². The predicted molar refractivity (Wildman–Crippen MR) is 76.5 cm³/mol. The molecule has 0 saturated heterocycles. The van der Waals surface area contributed by atoms with Gasteiger partial charge in [0, 0.05) is 18.3 Å². The van der Waals surface area contributed by atoms with Gasteiger partial charge in [-0.2, -0.15) is 0 Å². The molecule has 0 unspecified atom stereocenters. The largest absolute Gasteiger partial charge is 0.331 e. The molecule has 7 heteroatoms. The molecule has 2 aliphatic heterocycles. The van der Waals surface area contributed by atoms with Crippen LogP contribution in [-0.2, 0) is 10.0 Å². The van der Waals surface area contributed by atoms with E-state index in [4.69, 9.17) is 11.6 Å². The third kappa shape index (κ3) is 2.36. The molecule has 0 aromatic heterocycles. The summed E-state index contributed by atoms with van der Waals surface area (Å²) in [4.78, 5) is 1.76. The third-order valence-electron chi connectivity index (χ3n) is 3.09. The summed E-state index contributed by atoms with van der Waals surface area (Å²) in [7, 11) is -3.45. The fourth-order valence-electron chi connectivity index (χ4n) is 2.11. The molecule has 104 valence electrons. The van der Waals surface area contributed by atoms with Gasteiger partial charge in [0.15, 0.2) is 5.84 Å². The van der Waals surface area contributed by atoms with Crippen LogP contribution in [0.2, 0.25) is 5.02 Å². The van der Waals surface area contributed by atoms with Gasteiger partial charge in [-0.3, -0.25) is 0 Å². The Kier molecular flexibility index (Phi) is 3.14. The Morgan fingerprint density at radius 3 is 2.90 bits per heavy atom. The fraction of sp³-hybridized carbons (Fsp3) is 0.154. The minimum absolute atomic E-state index is 0.0104. The van der Waals surface area contributed by atoms with Crippen molar-refractivity contribution in [3.63, 3.8) is 0 Å². The van der Waals surface area contributed by atoms with Gasteiger partial charge in [-0.15, -0.1) is 4.40 Å². The van der Waals surface area contributed by atoms with Crippen LogP contribution in [0.3, 0.4) is 0 Å². The molecule has 0 atom stereocenters. The summed E-state index contributed by atoms with van der Waals surface area (Å²) < 4.78 is 40.3. The molecule has 1 aromatic rings. The van der Waals surface area contributed by atoms with Crippen molar-refractivity contribution < 1.29 is 12.8 Å². The predicted octanol–water partition coefficient (Wildman–Crippen LogP) is 2.43. The molecule has 0 spiro atoms. The van der Waals surface area contributed by atoms with Crippen molar-refractivity contribution in [1.29, 1.82) is 0 Å². The van der Waals surface area contributed by atoms with Crippen LogP contribution in [0.25, 0.3) is 5.57 Å². The van der Waals surface area contributed by atoms with E-state index in [1.54, 1.807) is 29.3 Å². The highest BCUT2D eigenvalue weighted by molar-refractivity contribution is 7.90. The fourth-order valence-corrected chi connectivity index (χ4v) is 3.27. The highest BCUT2D eigenvalue weighted by Gasteiger charge is 2.27. The van der Waals surface area contributed by atoms with Crippen molar-refractivity contribution in [2.75, 3.05) is 12.3 Å². The molecule has 0 bridgehead atoms. The zero-order valence-corrected chi connectivity index (χ0v) is 11.8. The summed E-state index contributed by atoms with van der Waals surface area (Å²) in [5.41, 5.74) is 1.24. The van der Waals surface area contributed by atoms with Gasteiger partial charge in [-0.1, -0.05) is 17.7 Å². The normalized spacial score (nSPS) is 20.2. The summed E-state index contributed by atoms with van der Waals surface area (Å²) in [6.45, 7) is 0.351. The van der Waals surface area contributed by atoms with Crippen LogP contribution in [0.4, 0.5) is 4.39 Å². The molecule has 20 heavy (non-hydrogen) atoms. The van der Waals surface area contributed by atoms with Crippen molar-refractivity contribution in [3.8, 4) is 0 Å². The summed E-state index contributed by atoms with van der Waals surface area (Å²) in [6, 6.07) is 4.26. The summed E-state index contributed by atoms with van der Waals surface area (Å²) in [5.74, 6) is -0.183. The van der Waals surface area contributed by atoms with E-state index in [1.165, 1.54) is 12.1 Å². The van der Waals surface area contributed by atoms with Crippen LogP contribution < -0.4 is 0 Å². The molecule has 0 aliphatic carbocycles. The first-order chi connectivity index (χ1) is 9.46. The lowest BCUT2D eigenvalue weighted by Gasteiger charge is -2.29. The van der Waals surface area contributed by atoms with Gasteiger partial charge in [-0.05, 0) is 29.8 Å². The number of hydrogen-bond donors (Lipinski definition) is 0. The highest BCUT2D eigenvalue weighted by atomic mass is 35.5. The molecule has 2 heterocycles. The van der Waals surface area contributed by atoms with Crippen LogP contribution >= 0.6 is 11.6 Å². The maximum absolute atomic E-state index is 13.2. The van der Waals surface area contributed by atoms with Crippen LogP contribution in [-0.4, -0.2) is 31.5 Å². The van der Waals surface area contributed by atoms with Crippen molar-refractivity contribution in [3.05, 3.63) is 53.0 Å². The number of rotatable bonds is 1. The zero-order chi connectivity index (χ0) is 14.3. The summed E-state index contributed by atoms with van der Waals surface area (Å²) in [5, 5.41) is -0.0104. The van der Waals surface area contributed by atoms with Crippen LogP contribution in [0, 0.1) is 5.82 Å². The molecule has 1 aromatic carbocycles. The maximum Gasteiger partial charge on any atom is 0.256 e. The molecule has 0 amide bonds. The van der Waals surface area contributed by atoms with Crippen molar-refractivity contribution in [2.45, 2.75) is 0 Å². The van der Waals surface area contributed by atoms with Gasteiger partial charge in [0.25, 0.3) is 10.0 Å². The lowest BCUT2D eigenvalue weighted by Crippen LogP contribution is -2.37. The lowest BCUT2D eigenvalue weighted by atomic mass is 10.0. The minimum atomic E-state index is -3.45. The zero-order valence-electron chi connectivity index (χ0n) is 10.3. The van der Waals surface area contributed by atoms with E-state index < -0.39 is 15.8 Å². The number of amidine groups is 1. The smallest absolute Gasteiger partial charge is 0.256 e. The van der Waals surface area contributed by atoms with Gasteiger partial charge in [0.2, 0.25) is 0 Å². The van der Waals surface area contributed by atoms with Gasteiger partial charge in [-0.25, -0.2) is 12.8 Å². The summed E-state index contributed by atoms with van der Waals surface area (Å²) in [6.07, 6.45) is 5.30. The molecular weight excluding hydrogens is 303 g/mol. The van der Waals surface area contributed by atoms with Crippen LogP contribution in [0.15, 0.2) is 40.9 Å². The van der Waals surface area contributed by atoms with Crippen molar-refractivity contribution in [1.82, 2.24) is 4.90 Å². The number of hydrogen-bond acceptors (Lipinski definition) is 3. The topological polar surface area (TPSA) is 49.7 Å². The first-order valence-corrected chi connectivity index (χ1v) is 7.88. The SMILES string of the molecule is O=S1(=O)CCN2C=CC=C(c3ccc(F)c(Cl)c3)C2=N1. The molecule has 0 radical (unpaired) electrons. The summed E-state index contributed by atoms with van der Waals surface area (Å²) >= 11 is 5.77. The first-order valence-electron chi connectivity index (χ1n) is 5.90. The Morgan fingerprint density at radius 2 is 2.15 bits per heavy atom. The number of sulfonamides is 1. The monoisotopic (exact) mass is 312 g/mol. The Hall–Kier alpha value is -1.66. The molecule has 3 rings (SSSR count). The average molecular weight is 313 g/mol. The lowest BCUT2D eigenvalue weighted by molar-refractivity contribution is 0.550. The molecule has 0 fully saturated rings. The first kappa shape index (κ1) is 13.3. The van der Waals surface area contributed by atoms with E-state index in [1.807, 2.05) is 0 Å². The Morgan fingerprint density at radius 1 is 1.35 bits per heavy atom. The second kappa shape index (κ2) is 4.71. The quantitative estimate of drug-likeness (QED) is 0.800. The Balaban J connectivity index is 2.12. The van der Waals surface area contributed by atoms with E-state index in [9.17, 15) is 12.8 Å². The minimum Gasteiger partial charge on any atom is -0.331 e. The number of fused-ring (bicyclic) bond motifs is 1. The van der Waals surface area contributed by atoms with Crippen LogP contribution in [0.1, 0.15) is 5.56 Å².